The largest absolute Gasteiger partial charge is 0.371 e. The van der Waals surface area contributed by atoms with Gasteiger partial charge in [0, 0.05) is 13.1 Å². The summed E-state index contributed by atoms with van der Waals surface area (Å²) in [5.41, 5.74) is 0.318. The first-order valence-electron chi connectivity index (χ1n) is 6.30. The molecular weight excluding hydrogens is 198 g/mol. The van der Waals surface area contributed by atoms with Crippen LogP contribution in [-0.4, -0.2) is 23.1 Å². The second-order valence-electron chi connectivity index (χ2n) is 4.63. The van der Waals surface area contributed by atoms with Crippen molar-refractivity contribution in [2.24, 2.45) is 0 Å². The third-order valence-electron chi connectivity index (χ3n) is 3.46. The second kappa shape index (κ2) is 4.98. The number of hydrogen-bond acceptors (Lipinski definition) is 2. The molecule has 0 aliphatic carbocycles. The fraction of sp³-hybridized carbons (Fsp3) is 0.571. The van der Waals surface area contributed by atoms with Crippen molar-refractivity contribution in [3.63, 3.8) is 0 Å². The molecule has 1 aromatic carbocycles. The number of rotatable bonds is 3. The molecule has 0 bridgehead atoms. The molecule has 2 heteroatoms. The minimum absolute atomic E-state index is 0.727. The van der Waals surface area contributed by atoms with Gasteiger partial charge >= 0.3 is 0 Å². The molecule has 88 valence electrons. The Hall–Kier alpha value is -0.860. The van der Waals surface area contributed by atoms with Crippen molar-refractivity contribution >= 4 is 0 Å². The van der Waals surface area contributed by atoms with Crippen LogP contribution in [0.2, 0.25) is 0 Å². The molecule has 1 aliphatic rings. The van der Waals surface area contributed by atoms with Crippen molar-refractivity contribution in [3.8, 4) is 0 Å². The molecule has 1 heterocycles. The number of likely N-dealkylation sites (tertiary alicyclic amines) is 1. The van der Waals surface area contributed by atoms with Gasteiger partial charge in [-0.05, 0) is 31.2 Å². The fourth-order valence-corrected chi connectivity index (χ4v) is 2.62. The first-order valence-corrected chi connectivity index (χ1v) is 6.30. The van der Waals surface area contributed by atoms with Gasteiger partial charge in [0.05, 0.1) is 0 Å². The Balaban J connectivity index is 2.26. The Morgan fingerprint density at radius 1 is 1.25 bits per heavy atom. The van der Waals surface area contributed by atoms with E-state index in [1.807, 2.05) is 30.3 Å². The van der Waals surface area contributed by atoms with E-state index in [9.17, 15) is 5.11 Å². The molecule has 0 spiro atoms. The van der Waals surface area contributed by atoms with Gasteiger partial charge in [0.2, 0.25) is 0 Å². The van der Waals surface area contributed by atoms with Gasteiger partial charge in [0.15, 0.2) is 0 Å². The zero-order chi connectivity index (χ0) is 11.4. The van der Waals surface area contributed by atoms with Crippen LogP contribution >= 0.6 is 0 Å². The van der Waals surface area contributed by atoms with Crippen molar-refractivity contribution < 1.29 is 5.11 Å². The predicted octanol–water partition coefficient (Wildman–Crippen LogP) is 2.73. The van der Waals surface area contributed by atoms with Gasteiger partial charge in [-0.15, -0.1) is 0 Å². The monoisotopic (exact) mass is 219 g/mol. The first kappa shape index (κ1) is 11.6. The van der Waals surface area contributed by atoms with E-state index in [1.54, 1.807) is 0 Å². The highest BCUT2D eigenvalue weighted by Gasteiger charge is 2.37. The first-order chi connectivity index (χ1) is 7.77. The second-order valence-corrected chi connectivity index (χ2v) is 4.63. The van der Waals surface area contributed by atoms with Crippen molar-refractivity contribution in [1.82, 2.24) is 4.90 Å². The van der Waals surface area contributed by atoms with Crippen LogP contribution in [0.1, 0.15) is 38.2 Å². The lowest BCUT2D eigenvalue weighted by atomic mass is 9.91. The van der Waals surface area contributed by atoms with Crippen LogP contribution in [-0.2, 0) is 5.72 Å². The average molecular weight is 219 g/mol. The van der Waals surface area contributed by atoms with Crippen molar-refractivity contribution in [1.29, 1.82) is 0 Å². The smallest absolute Gasteiger partial charge is 0.144 e. The van der Waals surface area contributed by atoms with E-state index in [-0.39, 0.29) is 0 Å². The summed E-state index contributed by atoms with van der Waals surface area (Å²) in [6.07, 6.45) is 4.27. The summed E-state index contributed by atoms with van der Waals surface area (Å²) >= 11 is 0. The molecule has 16 heavy (non-hydrogen) atoms. The highest BCUT2D eigenvalue weighted by atomic mass is 16.3. The lowest BCUT2D eigenvalue weighted by Crippen LogP contribution is -2.49. The Kier molecular flexibility index (Phi) is 3.62. The molecule has 1 fully saturated rings. The maximum absolute atomic E-state index is 10.9. The van der Waals surface area contributed by atoms with Gasteiger partial charge in [0.1, 0.15) is 5.72 Å². The van der Waals surface area contributed by atoms with Crippen LogP contribution in [0.4, 0.5) is 0 Å². The van der Waals surface area contributed by atoms with E-state index in [2.05, 4.69) is 11.8 Å². The SMILES string of the molecule is CCCN1CCCCC1(O)c1ccccc1. The standard InChI is InChI=1S/C14H21NO/c1-2-11-15-12-7-6-10-14(15,16)13-8-4-3-5-9-13/h3-5,8-9,16H,2,6-7,10-12H2,1H3. The summed E-state index contributed by atoms with van der Waals surface area (Å²) in [5, 5.41) is 10.9. The summed E-state index contributed by atoms with van der Waals surface area (Å²) in [5.74, 6) is 0. The van der Waals surface area contributed by atoms with Crippen molar-refractivity contribution in [2.75, 3.05) is 13.1 Å². The minimum Gasteiger partial charge on any atom is -0.371 e. The zero-order valence-corrected chi connectivity index (χ0v) is 10.0. The molecule has 1 saturated heterocycles. The van der Waals surface area contributed by atoms with E-state index in [0.717, 1.165) is 37.9 Å². The minimum atomic E-state index is -0.727. The summed E-state index contributed by atoms with van der Waals surface area (Å²) < 4.78 is 0. The van der Waals surface area contributed by atoms with Crippen molar-refractivity contribution in [3.05, 3.63) is 35.9 Å². The molecule has 2 nitrogen and oxygen atoms in total. The Morgan fingerprint density at radius 2 is 2.00 bits per heavy atom. The fourth-order valence-electron chi connectivity index (χ4n) is 2.62. The third kappa shape index (κ3) is 2.13. The van der Waals surface area contributed by atoms with Crippen molar-refractivity contribution in [2.45, 2.75) is 38.3 Å². The molecule has 0 radical (unpaired) electrons. The highest BCUT2D eigenvalue weighted by molar-refractivity contribution is 5.22. The van der Waals surface area contributed by atoms with E-state index in [1.165, 1.54) is 6.42 Å². The summed E-state index contributed by atoms with van der Waals surface area (Å²) in [4.78, 5) is 2.23. The number of hydrogen-bond donors (Lipinski definition) is 1. The third-order valence-corrected chi connectivity index (χ3v) is 3.46. The van der Waals surface area contributed by atoms with Gasteiger partial charge in [0.25, 0.3) is 0 Å². The Morgan fingerprint density at radius 3 is 2.69 bits per heavy atom. The molecule has 0 amide bonds. The van der Waals surface area contributed by atoms with Gasteiger partial charge < -0.3 is 5.11 Å². The number of aliphatic hydroxyl groups is 1. The van der Waals surface area contributed by atoms with Gasteiger partial charge in [-0.1, -0.05) is 37.3 Å². The van der Waals surface area contributed by atoms with E-state index < -0.39 is 5.72 Å². The molecule has 2 rings (SSSR count). The van der Waals surface area contributed by atoms with Crippen LogP contribution in [0.15, 0.2) is 30.3 Å². The molecule has 1 N–H and O–H groups in total. The normalized spacial score (nSPS) is 26.9. The lowest BCUT2D eigenvalue weighted by molar-refractivity contribution is -0.139. The zero-order valence-electron chi connectivity index (χ0n) is 10.0. The average Bonchev–Trinajstić information content (AvgIpc) is 2.34. The molecule has 1 aromatic rings. The van der Waals surface area contributed by atoms with Crippen LogP contribution in [0.3, 0.4) is 0 Å². The molecule has 0 aromatic heterocycles. The van der Waals surface area contributed by atoms with Crippen LogP contribution in [0.25, 0.3) is 0 Å². The number of benzene rings is 1. The molecule has 1 aliphatic heterocycles. The summed E-state index contributed by atoms with van der Waals surface area (Å²) in [7, 11) is 0. The number of piperidine rings is 1. The van der Waals surface area contributed by atoms with E-state index in [4.69, 9.17) is 0 Å². The predicted molar refractivity (Wildman–Crippen MR) is 66.1 cm³/mol. The summed E-state index contributed by atoms with van der Waals surface area (Å²) in [6.45, 7) is 4.16. The Labute approximate surface area is 97.9 Å². The lowest BCUT2D eigenvalue weighted by Gasteiger charge is -2.43. The van der Waals surface area contributed by atoms with Crippen LogP contribution in [0.5, 0.6) is 0 Å². The van der Waals surface area contributed by atoms with Crippen LogP contribution < -0.4 is 0 Å². The van der Waals surface area contributed by atoms with Gasteiger partial charge in [-0.3, -0.25) is 4.90 Å². The topological polar surface area (TPSA) is 23.5 Å². The van der Waals surface area contributed by atoms with Gasteiger partial charge in [-0.25, -0.2) is 0 Å². The molecule has 1 atom stereocenters. The Bertz CT molecular complexity index is 323. The highest BCUT2D eigenvalue weighted by Crippen LogP contribution is 2.34. The molecule has 1 unspecified atom stereocenters. The van der Waals surface area contributed by atoms with E-state index in [0.29, 0.717) is 0 Å². The summed E-state index contributed by atoms with van der Waals surface area (Å²) in [6, 6.07) is 10.1. The quantitative estimate of drug-likeness (QED) is 0.845. The molecular formula is C14H21NO. The van der Waals surface area contributed by atoms with Crippen LogP contribution in [0, 0.1) is 0 Å². The van der Waals surface area contributed by atoms with Gasteiger partial charge in [-0.2, -0.15) is 0 Å². The molecule has 0 saturated carbocycles. The van der Waals surface area contributed by atoms with E-state index >= 15 is 0 Å². The number of nitrogens with zero attached hydrogens (tertiary/aromatic N) is 1. The maximum atomic E-state index is 10.9. The maximum Gasteiger partial charge on any atom is 0.144 e.